The maximum absolute atomic E-state index is 10.5. The van der Waals surface area contributed by atoms with Crippen LogP contribution in [-0.2, 0) is 11.3 Å². The number of halogens is 1. The summed E-state index contributed by atoms with van der Waals surface area (Å²) in [5, 5.41) is 8.68. The van der Waals surface area contributed by atoms with Crippen LogP contribution >= 0.6 is 27.3 Å². The number of hydrogen-bond acceptors (Lipinski definition) is 3. The van der Waals surface area contributed by atoms with E-state index >= 15 is 0 Å². The summed E-state index contributed by atoms with van der Waals surface area (Å²) in [4.78, 5) is 14.4. The van der Waals surface area contributed by atoms with Gasteiger partial charge in [-0.15, -0.1) is 11.3 Å². The minimum Gasteiger partial charge on any atom is -0.481 e. The number of rotatable bonds is 5. The molecular formula is C13H18BrNO2S. The van der Waals surface area contributed by atoms with Crippen LogP contribution in [0.3, 0.4) is 0 Å². The first-order chi connectivity index (χ1) is 8.63. The Kier molecular flexibility index (Phi) is 5.21. The van der Waals surface area contributed by atoms with Crippen molar-refractivity contribution in [3.63, 3.8) is 0 Å². The molecule has 1 fully saturated rings. The normalized spacial score (nSPS) is 18.1. The van der Waals surface area contributed by atoms with E-state index in [0.717, 1.165) is 38.9 Å². The number of hydrogen-bond donors (Lipinski definition) is 1. The van der Waals surface area contributed by atoms with Gasteiger partial charge in [-0.25, -0.2) is 0 Å². The van der Waals surface area contributed by atoms with Crippen LogP contribution in [0.25, 0.3) is 0 Å². The van der Waals surface area contributed by atoms with Crippen molar-refractivity contribution in [1.82, 2.24) is 4.90 Å². The van der Waals surface area contributed by atoms with Crippen LogP contribution in [0.5, 0.6) is 0 Å². The topological polar surface area (TPSA) is 40.5 Å². The standard InChI is InChI=1S/C13H18BrNO2S/c14-12-3-2-11(18-12)9-15-7-5-10(6-8-15)1-4-13(16)17/h2-3,10H,1,4-9H2,(H,16,17). The molecule has 100 valence electrons. The van der Waals surface area contributed by atoms with E-state index in [1.54, 1.807) is 11.3 Å². The highest BCUT2D eigenvalue weighted by Crippen LogP contribution is 2.26. The lowest BCUT2D eigenvalue weighted by Crippen LogP contribution is -2.33. The van der Waals surface area contributed by atoms with Gasteiger partial charge in [-0.05, 0) is 66.3 Å². The minimum absolute atomic E-state index is 0.322. The van der Waals surface area contributed by atoms with Crippen molar-refractivity contribution in [3.05, 3.63) is 20.8 Å². The molecule has 5 heteroatoms. The zero-order valence-corrected chi connectivity index (χ0v) is 12.7. The lowest BCUT2D eigenvalue weighted by molar-refractivity contribution is -0.137. The van der Waals surface area contributed by atoms with E-state index in [9.17, 15) is 4.79 Å². The molecule has 18 heavy (non-hydrogen) atoms. The molecule has 0 aliphatic carbocycles. The lowest BCUT2D eigenvalue weighted by atomic mass is 9.92. The Morgan fingerprint density at radius 3 is 2.72 bits per heavy atom. The molecule has 1 N–H and O–H groups in total. The van der Waals surface area contributed by atoms with E-state index < -0.39 is 5.97 Å². The van der Waals surface area contributed by atoms with Crippen molar-refractivity contribution in [2.75, 3.05) is 13.1 Å². The Morgan fingerprint density at radius 1 is 1.44 bits per heavy atom. The van der Waals surface area contributed by atoms with Gasteiger partial charge in [0.1, 0.15) is 0 Å². The van der Waals surface area contributed by atoms with E-state index in [0.29, 0.717) is 12.3 Å². The molecule has 0 atom stereocenters. The van der Waals surface area contributed by atoms with Crippen molar-refractivity contribution in [2.45, 2.75) is 32.2 Å². The van der Waals surface area contributed by atoms with Gasteiger partial charge in [0.05, 0.1) is 3.79 Å². The highest BCUT2D eigenvalue weighted by molar-refractivity contribution is 9.11. The molecule has 0 aromatic carbocycles. The Labute approximate surface area is 120 Å². The van der Waals surface area contributed by atoms with Gasteiger partial charge in [-0.1, -0.05) is 0 Å². The number of carbonyl (C=O) groups is 1. The summed E-state index contributed by atoms with van der Waals surface area (Å²) in [6, 6.07) is 4.27. The molecule has 2 heterocycles. The predicted molar refractivity (Wildman–Crippen MR) is 76.9 cm³/mol. The van der Waals surface area contributed by atoms with Gasteiger partial charge in [-0.3, -0.25) is 9.69 Å². The monoisotopic (exact) mass is 331 g/mol. The molecule has 1 aromatic heterocycles. The SMILES string of the molecule is O=C(O)CCC1CCN(Cc2ccc(Br)s2)CC1. The third-order valence-corrected chi connectivity index (χ3v) is 5.09. The first-order valence-corrected chi connectivity index (χ1v) is 7.93. The molecule has 2 rings (SSSR count). The van der Waals surface area contributed by atoms with Crippen molar-refractivity contribution < 1.29 is 9.90 Å². The summed E-state index contributed by atoms with van der Waals surface area (Å²) in [6.07, 6.45) is 3.44. The fourth-order valence-electron chi connectivity index (χ4n) is 2.42. The molecule has 0 unspecified atom stereocenters. The van der Waals surface area contributed by atoms with Crippen LogP contribution in [0, 0.1) is 5.92 Å². The number of carboxylic acids is 1. The fraction of sp³-hybridized carbons (Fsp3) is 0.615. The van der Waals surface area contributed by atoms with E-state index in [2.05, 4.69) is 33.0 Å². The molecule has 1 aliphatic heterocycles. The van der Waals surface area contributed by atoms with Gasteiger partial charge in [0, 0.05) is 17.8 Å². The van der Waals surface area contributed by atoms with Crippen LogP contribution in [0.1, 0.15) is 30.6 Å². The van der Waals surface area contributed by atoms with Gasteiger partial charge in [-0.2, -0.15) is 0 Å². The van der Waals surface area contributed by atoms with Crippen LogP contribution in [-0.4, -0.2) is 29.1 Å². The Bertz CT molecular complexity index is 399. The van der Waals surface area contributed by atoms with E-state index in [-0.39, 0.29) is 0 Å². The first kappa shape index (κ1) is 14.0. The van der Waals surface area contributed by atoms with Crippen molar-refractivity contribution in [1.29, 1.82) is 0 Å². The lowest BCUT2D eigenvalue weighted by Gasteiger charge is -2.31. The summed E-state index contributed by atoms with van der Waals surface area (Å²) >= 11 is 5.28. The molecule has 1 aromatic rings. The average molecular weight is 332 g/mol. The number of carboxylic acid groups (broad SMARTS) is 1. The second-order valence-electron chi connectivity index (χ2n) is 4.86. The van der Waals surface area contributed by atoms with Crippen LogP contribution in [0.2, 0.25) is 0 Å². The van der Waals surface area contributed by atoms with Crippen molar-refractivity contribution in [3.8, 4) is 0 Å². The highest BCUT2D eigenvalue weighted by Gasteiger charge is 2.20. The van der Waals surface area contributed by atoms with Gasteiger partial charge in [0.2, 0.25) is 0 Å². The Hall–Kier alpha value is -0.390. The zero-order chi connectivity index (χ0) is 13.0. The quantitative estimate of drug-likeness (QED) is 0.896. The molecule has 1 aliphatic rings. The molecule has 1 saturated heterocycles. The maximum atomic E-state index is 10.5. The number of piperidine rings is 1. The molecule has 0 saturated carbocycles. The van der Waals surface area contributed by atoms with Gasteiger partial charge in [0.25, 0.3) is 0 Å². The van der Waals surface area contributed by atoms with Gasteiger partial charge in [0.15, 0.2) is 0 Å². The number of aliphatic carboxylic acids is 1. The number of nitrogens with zero attached hydrogens (tertiary/aromatic N) is 1. The second kappa shape index (κ2) is 6.68. The largest absolute Gasteiger partial charge is 0.481 e. The average Bonchev–Trinajstić information content (AvgIpc) is 2.74. The summed E-state index contributed by atoms with van der Waals surface area (Å²) in [5.74, 6) is -0.0618. The zero-order valence-electron chi connectivity index (χ0n) is 10.3. The summed E-state index contributed by atoms with van der Waals surface area (Å²) < 4.78 is 1.19. The summed E-state index contributed by atoms with van der Waals surface area (Å²) in [7, 11) is 0. The third-order valence-electron chi connectivity index (χ3n) is 3.48. The second-order valence-corrected chi connectivity index (χ2v) is 7.41. The van der Waals surface area contributed by atoms with Crippen molar-refractivity contribution in [2.24, 2.45) is 5.92 Å². The molecule has 0 amide bonds. The molecule has 0 bridgehead atoms. The Morgan fingerprint density at radius 2 is 2.17 bits per heavy atom. The molecule has 0 spiro atoms. The van der Waals surface area contributed by atoms with E-state index in [1.807, 2.05) is 0 Å². The third kappa shape index (κ3) is 4.37. The minimum atomic E-state index is -0.666. The van der Waals surface area contributed by atoms with Gasteiger partial charge < -0.3 is 5.11 Å². The van der Waals surface area contributed by atoms with Crippen LogP contribution in [0.4, 0.5) is 0 Å². The van der Waals surface area contributed by atoms with E-state index in [1.165, 1.54) is 8.66 Å². The van der Waals surface area contributed by atoms with Gasteiger partial charge >= 0.3 is 5.97 Å². The number of likely N-dealkylation sites (tertiary alicyclic amines) is 1. The molecule has 3 nitrogen and oxygen atoms in total. The Balaban J connectivity index is 1.71. The molecular weight excluding hydrogens is 314 g/mol. The van der Waals surface area contributed by atoms with Crippen LogP contribution in [0.15, 0.2) is 15.9 Å². The fourth-order valence-corrected chi connectivity index (χ4v) is 3.94. The van der Waals surface area contributed by atoms with Crippen LogP contribution < -0.4 is 0 Å². The number of thiophene rings is 1. The predicted octanol–water partition coefficient (Wildman–Crippen LogP) is 3.59. The summed E-state index contributed by atoms with van der Waals surface area (Å²) in [5.41, 5.74) is 0. The molecule has 0 radical (unpaired) electrons. The maximum Gasteiger partial charge on any atom is 0.303 e. The summed E-state index contributed by atoms with van der Waals surface area (Å²) in [6.45, 7) is 3.22. The smallest absolute Gasteiger partial charge is 0.303 e. The highest BCUT2D eigenvalue weighted by atomic mass is 79.9. The van der Waals surface area contributed by atoms with E-state index in [4.69, 9.17) is 5.11 Å². The van der Waals surface area contributed by atoms with Crippen molar-refractivity contribution >= 4 is 33.2 Å². The first-order valence-electron chi connectivity index (χ1n) is 6.32.